The first-order valence-electron chi connectivity index (χ1n) is 6.54. The van der Waals surface area contributed by atoms with Gasteiger partial charge < -0.3 is 5.11 Å². The highest BCUT2D eigenvalue weighted by atomic mass is 16.3. The molecule has 5 nitrogen and oxygen atoms in total. The van der Waals surface area contributed by atoms with Crippen molar-refractivity contribution in [3.8, 4) is 5.75 Å². The van der Waals surface area contributed by atoms with Gasteiger partial charge in [0, 0.05) is 5.56 Å². The van der Waals surface area contributed by atoms with Gasteiger partial charge in [-0.2, -0.15) is 5.10 Å². The van der Waals surface area contributed by atoms with E-state index in [0.29, 0.717) is 11.4 Å². The molecule has 0 saturated heterocycles. The number of hydrogen-bond donors (Lipinski definition) is 2. The topological polar surface area (TPSA) is 70.4 Å². The Morgan fingerprint density at radius 1 is 1.00 bits per heavy atom. The highest BCUT2D eigenvalue weighted by Gasteiger charge is 2.03. The van der Waals surface area contributed by atoms with Crippen LogP contribution in [0.25, 0.3) is 11.0 Å². The summed E-state index contributed by atoms with van der Waals surface area (Å²) in [6.07, 6.45) is 1.55. The minimum Gasteiger partial charge on any atom is -0.507 e. The Morgan fingerprint density at radius 2 is 1.67 bits per heavy atom. The zero-order chi connectivity index (χ0) is 14.7. The molecule has 0 amide bonds. The van der Waals surface area contributed by atoms with Crippen molar-refractivity contribution in [2.24, 2.45) is 5.10 Å². The third-order valence-corrected chi connectivity index (χ3v) is 3.06. The van der Waals surface area contributed by atoms with E-state index in [1.807, 2.05) is 37.3 Å². The lowest BCUT2D eigenvalue weighted by atomic mass is 10.2. The first kappa shape index (κ1) is 13.1. The highest BCUT2D eigenvalue weighted by Crippen LogP contribution is 2.16. The number of nitrogens with one attached hydrogen (secondary N) is 1. The smallest absolute Gasteiger partial charge is 0.168 e. The van der Waals surface area contributed by atoms with E-state index in [1.54, 1.807) is 24.4 Å². The molecular formula is C16H14N4O. The van der Waals surface area contributed by atoms with Crippen molar-refractivity contribution in [1.29, 1.82) is 0 Å². The molecule has 0 radical (unpaired) electrons. The minimum atomic E-state index is 0.185. The number of fused-ring (bicyclic) bond motifs is 1. The fourth-order valence-electron chi connectivity index (χ4n) is 1.95. The summed E-state index contributed by atoms with van der Waals surface area (Å²) < 4.78 is 0. The number of hydrazone groups is 1. The summed E-state index contributed by atoms with van der Waals surface area (Å²) in [5, 5.41) is 13.8. The molecule has 0 aliphatic carbocycles. The number of benzene rings is 2. The second kappa shape index (κ2) is 5.58. The van der Waals surface area contributed by atoms with Crippen LogP contribution >= 0.6 is 0 Å². The van der Waals surface area contributed by atoms with Gasteiger partial charge in [0.05, 0.1) is 22.9 Å². The monoisotopic (exact) mass is 278 g/mol. The van der Waals surface area contributed by atoms with Gasteiger partial charge in [0.25, 0.3) is 0 Å². The summed E-state index contributed by atoms with van der Waals surface area (Å²) in [5.41, 5.74) is 5.93. The van der Waals surface area contributed by atoms with Gasteiger partial charge in [0.15, 0.2) is 5.82 Å². The number of phenolic OH excluding ortho intramolecular Hbond substituents is 1. The van der Waals surface area contributed by atoms with Crippen LogP contribution in [0.1, 0.15) is 11.3 Å². The Balaban J connectivity index is 1.85. The Bertz CT molecular complexity index is 814. The molecule has 2 aromatic carbocycles. The number of nitrogens with zero attached hydrogens (tertiary/aromatic N) is 3. The maximum absolute atomic E-state index is 9.66. The lowest BCUT2D eigenvalue weighted by Crippen LogP contribution is -1.99. The number of phenols is 1. The Morgan fingerprint density at radius 3 is 2.43 bits per heavy atom. The summed E-state index contributed by atoms with van der Waals surface area (Å²) >= 11 is 0. The summed E-state index contributed by atoms with van der Waals surface area (Å²) in [6.45, 7) is 1.87. The average Bonchev–Trinajstić information content (AvgIpc) is 2.49. The van der Waals surface area contributed by atoms with Gasteiger partial charge in [0.1, 0.15) is 5.75 Å². The van der Waals surface area contributed by atoms with E-state index < -0.39 is 0 Å². The third kappa shape index (κ3) is 2.81. The normalized spacial score (nSPS) is 11.1. The molecule has 1 heterocycles. The molecule has 3 rings (SSSR count). The molecule has 1 aromatic heterocycles. The number of aryl methyl sites for hydroxylation is 1. The largest absolute Gasteiger partial charge is 0.507 e. The van der Waals surface area contributed by atoms with Crippen molar-refractivity contribution in [2.75, 3.05) is 5.43 Å². The van der Waals surface area contributed by atoms with Crippen LogP contribution in [0.5, 0.6) is 5.75 Å². The molecule has 0 atom stereocenters. The molecule has 21 heavy (non-hydrogen) atoms. The summed E-state index contributed by atoms with van der Waals surface area (Å²) in [4.78, 5) is 8.95. The zero-order valence-corrected chi connectivity index (χ0v) is 11.5. The van der Waals surface area contributed by atoms with E-state index in [0.717, 1.165) is 16.7 Å². The minimum absolute atomic E-state index is 0.185. The Labute approximate surface area is 122 Å². The van der Waals surface area contributed by atoms with Gasteiger partial charge in [-0.15, -0.1) is 0 Å². The predicted molar refractivity (Wildman–Crippen MR) is 83.6 cm³/mol. The standard InChI is InChI=1S/C16H14N4O/c1-11-16(19-14-8-4-3-7-13(14)18-11)20-17-10-12-6-2-5-9-15(12)21/h2-10,21H,1H3,(H,19,20). The lowest BCUT2D eigenvalue weighted by molar-refractivity contribution is 0.474. The first-order valence-corrected chi connectivity index (χ1v) is 6.54. The van der Waals surface area contributed by atoms with Crippen molar-refractivity contribution in [3.05, 3.63) is 59.8 Å². The molecule has 0 fully saturated rings. The molecule has 0 saturated carbocycles. The van der Waals surface area contributed by atoms with Crippen LogP contribution in [0.15, 0.2) is 53.6 Å². The SMILES string of the molecule is Cc1nc2ccccc2nc1NN=Cc1ccccc1O. The van der Waals surface area contributed by atoms with Gasteiger partial charge in [-0.25, -0.2) is 9.97 Å². The number of anilines is 1. The second-order valence-corrected chi connectivity index (χ2v) is 4.58. The maximum atomic E-state index is 9.66. The van der Waals surface area contributed by atoms with E-state index in [2.05, 4.69) is 20.5 Å². The van der Waals surface area contributed by atoms with Gasteiger partial charge in [-0.05, 0) is 31.2 Å². The van der Waals surface area contributed by atoms with E-state index in [9.17, 15) is 5.11 Å². The predicted octanol–water partition coefficient (Wildman–Crippen LogP) is 3.09. The van der Waals surface area contributed by atoms with E-state index in [4.69, 9.17) is 0 Å². The molecule has 0 unspecified atom stereocenters. The Hall–Kier alpha value is -2.95. The van der Waals surface area contributed by atoms with Crippen LogP contribution in [-0.4, -0.2) is 21.3 Å². The first-order chi connectivity index (χ1) is 10.2. The quantitative estimate of drug-likeness (QED) is 0.570. The molecule has 0 aliphatic heterocycles. The van der Waals surface area contributed by atoms with E-state index >= 15 is 0 Å². The fourth-order valence-corrected chi connectivity index (χ4v) is 1.95. The van der Waals surface area contributed by atoms with Crippen molar-refractivity contribution in [2.45, 2.75) is 6.92 Å². The summed E-state index contributed by atoms with van der Waals surface area (Å²) in [5.74, 6) is 0.782. The van der Waals surface area contributed by atoms with Crippen LogP contribution in [0.4, 0.5) is 5.82 Å². The summed E-state index contributed by atoms with van der Waals surface area (Å²) in [6, 6.07) is 14.7. The van der Waals surface area contributed by atoms with Gasteiger partial charge in [-0.3, -0.25) is 5.43 Å². The zero-order valence-electron chi connectivity index (χ0n) is 11.5. The van der Waals surface area contributed by atoms with Crippen LogP contribution in [0, 0.1) is 6.92 Å². The number of aromatic nitrogens is 2. The molecule has 0 spiro atoms. The Kier molecular flexibility index (Phi) is 3.47. The molecule has 104 valence electrons. The molecule has 3 aromatic rings. The van der Waals surface area contributed by atoms with Gasteiger partial charge >= 0.3 is 0 Å². The molecule has 5 heteroatoms. The third-order valence-electron chi connectivity index (χ3n) is 3.06. The average molecular weight is 278 g/mol. The van der Waals surface area contributed by atoms with Gasteiger partial charge in [-0.1, -0.05) is 24.3 Å². The number of hydrogen-bond acceptors (Lipinski definition) is 5. The molecule has 2 N–H and O–H groups in total. The second-order valence-electron chi connectivity index (χ2n) is 4.58. The van der Waals surface area contributed by atoms with Crippen LogP contribution in [-0.2, 0) is 0 Å². The van der Waals surface area contributed by atoms with Crippen LogP contribution in [0.3, 0.4) is 0 Å². The maximum Gasteiger partial charge on any atom is 0.168 e. The molecule has 0 bridgehead atoms. The molecular weight excluding hydrogens is 264 g/mol. The number of aromatic hydroxyl groups is 1. The van der Waals surface area contributed by atoms with E-state index in [1.165, 1.54) is 0 Å². The van der Waals surface area contributed by atoms with E-state index in [-0.39, 0.29) is 5.75 Å². The number of para-hydroxylation sites is 3. The van der Waals surface area contributed by atoms with Crippen molar-refractivity contribution in [3.63, 3.8) is 0 Å². The highest BCUT2D eigenvalue weighted by molar-refractivity contribution is 5.84. The van der Waals surface area contributed by atoms with Crippen molar-refractivity contribution in [1.82, 2.24) is 9.97 Å². The number of rotatable bonds is 3. The summed E-state index contributed by atoms with van der Waals surface area (Å²) in [7, 11) is 0. The fraction of sp³-hybridized carbons (Fsp3) is 0.0625. The lowest BCUT2D eigenvalue weighted by Gasteiger charge is -2.05. The van der Waals surface area contributed by atoms with Crippen LogP contribution < -0.4 is 5.43 Å². The van der Waals surface area contributed by atoms with Crippen molar-refractivity contribution >= 4 is 23.1 Å². The van der Waals surface area contributed by atoms with Gasteiger partial charge in [0.2, 0.25) is 0 Å². The van der Waals surface area contributed by atoms with Crippen LogP contribution in [0.2, 0.25) is 0 Å². The molecule has 0 aliphatic rings. The van der Waals surface area contributed by atoms with Crippen molar-refractivity contribution < 1.29 is 5.11 Å².